The third-order valence-electron chi connectivity index (χ3n) is 11.5. The van der Waals surface area contributed by atoms with Crippen molar-refractivity contribution >= 4 is 62.2 Å². The van der Waals surface area contributed by atoms with E-state index >= 15 is 0 Å². The Kier molecular flexibility index (Phi) is 10.9. The van der Waals surface area contributed by atoms with Crippen molar-refractivity contribution in [3.63, 3.8) is 0 Å². The number of benzene rings is 7. The van der Waals surface area contributed by atoms with Crippen LogP contribution in [-0.4, -0.2) is 4.57 Å². The van der Waals surface area contributed by atoms with E-state index in [1.165, 1.54) is 16.5 Å². The molecule has 1 aromatic heterocycles. The molecule has 0 aliphatic carbocycles. The summed E-state index contributed by atoms with van der Waals surface area (Å²) in [5.41, 5.74) is 24.6. The Hall–Kier alpha value is -7.78. The highest BCUT2D eigenvalue weighted by atomic mass is 15.1. The van der Waals surface area contributed by atoms with Crippen LogP contribution in [0.2, 0.25) is 0 Å². The predicted molar refractivity (Wildman–Crippen MR) is 261 cm³/mol. The number of nitrogens with zero attached hydrogens (tertiary/aromatic N) is 2. The number of allylic oxidation sites excluding steroid dienone is 4. The maximum absolute atomic E-state index is 6.44. The molecule has 9 rings (SSSR count). The Morgan fingerprint density at radius 2 is 1.46 bits per heavy atom. The molecule has 2 heterocycles. The lowest BCUT2D eigenvalue weighted by atomic mass is 9.91. The van der Waals surface area contributed by atoms with Gasteiger partial charge in [0.2, 0.25) is 0 Å². The van der Waals surface area contributed by atoms with Crippen molar-refractivity contribution in [2.45, 2.75) is 26.3 Å². The minimum atomic E-state index is 0.0153. The number of anilines is 4. The van der Waals surface area contributed by atoms with Crippen LogP contribution in [0.15, 0.2) is 212 Å². The van der Waals surface area contributed by atoms with E-state index in [1.807, 2.05) is 37.3 Å². The van der Waals surface area contributed by atoms with E-state index in [-0.39, 0.29) is 6.04 Å². The zero-order valence-electron chi connectivity index (χ0n) is 34.6. The maximum Gasteiger partial charge on any atom is 0.0578 e. The second-order valence-electron chi connectivity index (χ2n) is 15.4. The highest BCUT2D eigenvalue weighted by Gasteiger charge is 2.22. The summed E-state index contributed by atoms with van der Waals surface area (Å²) in [7, 11) is 0. The van der Waals surface area contributed by atoms with Gasteiger partial charge in [-0.2, -0.15) is 0 Å². The standard InChI is InChI=1S/C57H48N4/c1-4-6-17-41(5-2)26-30-49-37-47-38-52-40(3)51-23-14-13-20-43(51)32-33-60(48-21-11-8-12-22-48)57(52)39-56(47)61(49)50-31-29-44-35-46(28-27-45(44)36-50)55(34-42-18-9-7-10-19-42)59-54-25-16-15-24-53(54)58/h4-5,7-33,35-39,55,59H,3,34,58H2,1-2H3/b30-26-,33-32-,41-5-. The highest BCUT2D eigenvalue weighted by Crippen LogP contribution is 2.42. The molecule has 8 aromatic rings. The molecule has 1 unspecified atom stereocenters. The lowest BCUT2D eigenvalue weighted by Gasteiger charge is -2.27. The fraction of sp³-hybridized carbons (Fsp3) is 0.0702. The molecular weight excluding hydrogens is 741 g/mol. The van der Waals surface area contributed by atoms with Gasteiger partial charge in [-0.3, -0.25) is 0 Å². The summed E-state index contributed by atoms with van der Waals surface area (Å²) in [6, 6.07) is 58.3. The van der Waals surface area contributed by atoms with Crippen LogP contribution in [0.25, 0.3) is 45.1 Å². The SMILES string of the molecule is C=C1c2ccccc2/C=C\N(c2ccccc2)c2cc3c(cc21)cc(/C=C\C(C=C=CC)=C/C)n3-c1ccc2cc(C(Cc3ccccc3)Nc3ccccc3N)ccc2c1. The lowest BCUT2D eigenvalue weighted by molar-refractivity contribution is 0.777. The van der Waals surface area contributed by atoms with Crippen LogP contribution < -0.4 is 16.0 Å². The first-order valence-electron chi connectivity index (χ1n) is 20.9. The van der Waals surface area contributed by atoms with Crippen LogP contribution in [0, 0.1) is 0 Å². The molecule has 0 amide bonds. The molecule has 7 aromatic carbocycles. The molecule has 0 radical (unpaired) electrons. The number of nitrogen functional groups attached to an aromatic ring is 1. The van der Waals surface area contributed by atoms with Crippen LogP contribution in [0.3, 0.4) is 0 Å². The van der Waals surface area contributed by atoms with Gasteiger partial charge in [-0.15, -0.1) is 5.73 Å². The Balaban J connectivity index is 1.20. The number of rotatable bonds is 10. The van der Waals surface area contributed by atoms with E-state index in [0.29, 0.717) is 0 Å². The Morgan fingerprint density at radius 3 is 2.26 bits per heavy atom. The fourth-order valence-corrected chi connectivity index (χ4v) is 8.34. The third kappa shape index (κ3) is 8.01. The molecule has 1 aliphatic rings. The number of nitrogens with one attached hydrogen (secondary N) is 1. The third-order valence-corrected chi connectivity index (χ3v) is 11.5. The summed E-state index contributed by atoms with van der Waals surface area (Å²) in [5.74, 6) is 0. The maximum atomic E-state index is 6.44. The average molecular weight is 789 g/mol. The molecule has 1 atom stereocenters. The largest absolute Gasteiger partial charge is 0.397 e. The van der Waals surface area contributed by atoms with Crippen molar-refractivity contribution in [3.05, 3.63) is 246 Å². The summed E-state index contributed by atoms with van der Waals surface area (Å²) in [6.45, 7) is 8.76. The summed E-state index contributed by atoms with van der Waals surface area (Å²) in [4.78, 5) is 2.29. The Morgan fingerprint density at radius 1 is 0.721 bits per heavy atom. The van der Waals surface area contributed by atoms with Crippen molar-refractivity contribution in [2.24, 2.45) is 0 Å². The zero-order valence-corrected chi connectivity index (χ0v) is 34.6. The molecule has 0 saturated heterocycles. The van der Waals surface area contributed by atoms with Crippen molar-refractivity contribution in [1.29, 1.82) is 0 Å². The number of nitrogens with two attached hydrogens (primary N) is 1. The second kappa shape index (κ2) is 17.2. The van der Waals surface area contributed by atoms with Crippen LogP contribution in [-0.2, 0) is 6.42 Å². The van der Waals surface area contributed by atoms with E-state index in [4.69, 9.17) is 12.3 Å². The summed E-state index contributed by atoms with van der Waals surface area (Å²) >= 11 is 0. The first kappa shape index (κ1) is 38.7. The fourth-order valence-electron chi connectivity index (χ4n) is 8.34. The molecule has 0 saturated carbocycles. The molecule has 0 fully saturated rings. The van der Waals surface area contributed by atoms with Crippen molar-refractivity contribution in [1.82, 2.24) is 4.57 Å². The molecular formula is C57H48N4. The van der Waals surface area contributed by atoms with Gasteiger partial charge in [0.15, 0.2) is 0 Å². The van der Waals surface area contributed by atoms with Gasteiger partial charge in [-0.25, -0.2) is 0 Å². The molecule has 0 bridgehead atoms. The van der Waals surface area contributed by atoms with Crippen LogP contribution >= 0.6 is 0 Å². The molecule has 4 nitrogen and oxygen atoms in total. The molecule has 0 spiro atoms. The first-order valence-corrected chi connectivity index (χ1v) is 20.9. The van der Waals surface area contributed by atoms with Gasteiger partial charge in [0, 0.05) is 34.2 Å². The second-order valence-corrected chi connectivity index (χ2v) is 15.4. The van der Waals surface area contributed by atoms with Crippen molar-refractivity contribution in [2.75, 3.05) is 16.0 Å². The minimum Gasteiger partial charge on any atom is -0.397 e. The lowest BCUT2D eigenvalue weighted by Crippen LogP contribution is -2.15. The van der Waals surface area contributed by atoms with Crippen molar-refractivity contribution in [3.8, 4) is 5.69 Å². The molecule has 61 heavy (non-hydrogen) atoms. The summed E-state index contributed by atoms with van der Waals surface area (Å²) in [5, 5.41) is 7.23. The van der Waals surface area contributed by atoms with E-state index < -0.39 is 0 Å². The van der Waals surface area contributed by atoms with E-state index in [9.17, 15) is 0 Å². The molecule has 1 aliphatic heterocycles. The van der Waals surface area contributed by atoms with Gasteiger partial charge in [0.1, 0.15) is 0 Å². The van der Waals surface area contributed by atoms with Gasteiger partial charge in [0.25, 0.3) is 0 Å². The van der Waals surface area contributed by atoms with E-state index in [1.54, 1.807) is 0 Å². The van der Waals surface area contributed by atoms with Gasteiger partial charge in [0.05, 0.1) is 28.6 Å². The van der Waals surface area contributed by atoms with Crippen LogP contribution in [0.4, 0.5) is 22.7 Å². The zero-order chi connectivity index (χ0) is 41.7. The van der Waals surface area contributed by atoms with E-state index in [0.717, 1.165) is 84.7 Å². The summed E-state index contributed by atoms with van der Waals surface area (Å²) in [6.07, 6.45) is 15.6. The van der Waals surface area contributed by atoms with Crippen LogP contribution in [0.1, 0.15) is 53.4 Å². The van der Waals surface area contributed by atoms with Gasteiger partial charge < -0.3 is 20.5 Å². The van der Waals surface area contributed by atoms with Gasteiger partial charge in [-0.1, -0.05) is 122 Å². The number of hydrogen-bond acceptors (Lipinski definition) is 3. The van der Waals surface area contributed by atoms with E-state index in [2.05, 4.69) is 204 Å². The number of hydrogen-bond donors (Lipinski definition) is 2. The predicted octanol–water partition coefficient (Wildman–Crippen LogP) is 14.6. The van der Waals surface area contributed by atoms with Gasteiger partial charge >= 0.3 is 0 Å². The Bertz CT molecular complexity index is 3060. The Labute approximate surface area is 358 Å². The molecule has 296 valence electrons. The van der Waals surface area contributed by atoms with Crippen LogP contribution in [0.5, 0.6) is 0 Å². The number of para-hydroxylation sites is 3. The first-order chi connectivity index (χ1) is 30.0. The highest BCUT2D eigenvalue weighted by molar-refractivity contribution is 6.00. The number of fused-ring (bicyclic) bond motifs is 4. The quantitative estimate of drug-likeness (QED) is 0.0824. The normalized spacial score (nSPS) is 13.6. The van der Waals surface area contributed by atoms with Crippen molar-refractivity contribution < 1.29 is 0 Å². The minimum absolute atomic E-state index is 0.0153. The number of aromatic nitrogens is 1. The van der Waals surface area contributed by atoms with Gasteiger partial charge in [-0.05, 0) is 149 Å². The smallest absolute Gasteiger partial charge is 0.0578 e. The molecule has 4 heteroatoms. The molecule has 3 N–H and O–H groups in total. The summed E-state index contributed by atoms with van der Waals surface area (Å²) < 4.78 is 2.38. The topological polar surface area (TPSA) is 46.2 Å². The monoisotopic (exact) mass is 788 g/mol. The average Bonchev–Trinajstić information content (AvgIpc) is 3.66.